The number of hydrogen-bond donors (Lipinski definition) is 0. The van der Waals surface area contributed by atoms with Crippen LogP contribution in [-0.4, -0.2) is 47.2 Å². The Morgan fingerprint density at radius 2 is 1.76 bits per heavy atom. The minimum absolute atomic E-state index is 0.00420. The van der Waals surface area contributed by atoms with Gasteiger partial charge in [0.1, 0.15) is 0 Å². The Morgan fingerprint density at radius 1 is 1.00 bits per heavy atom. The average molecular weight is 336 g/mol. The molecule has 0 N–H and O–H groups in total. The minimum Gasteiger partial charge on any atom is -0.368 e. The molecule has 25 heavy (non-hydrogen) atoms. The maximum absolute atomic E-state index is 12.7. The molecule has 0 radical (unpaired) electrons. The number of nitrogens with zero attached hydrogens (tertiary/aromatic N) is 4. The maximum atomic E-state index is 12.7. The topological polar surface area (TPSA) is 49.3 Å². The van der Waals surface area contributed by atoms with E-state index in [1.807, 2.05) is 17.0 Å². The summed E-state index contributed by atoms with van der Waals surface area (Å²) in [6.07, 6.45) is 2.39. The van der Waals surface area contributed by atoms with Gasteiger partial charge < -0.3 is 9.80 Å². The third-order valence-corrected chi connectivity index (χ3v) is 5.38. The van der Waals surface area contributed by atoms with Crippen LogP contribution in [0, 0.1) is 13.8 Å². The third-order valence-electron chi connectivity index (χ3n) is 5.38. The fourth-order valence-electron chi connectivity index (χ4n) is 3.44. The molecule has 2 heterocycles. The smallest absolute Gasteiger partial charge is 0.274 e. The highest BCUT2D eigenvalue weighted by molar-refractivity contribution is 5.92. The van der Waals surface area contributed by atoms with E-state index in [1.54, 1.807) is 0 Å². The molecule has 2 aliphatic rings. The molecule has 1 saturated heterocycles. The summed E-state index contributed by atoms with van der Waals surface area (Å²) in [6, 6.07) is 10.2. The molecular formula is C20H24N4O. The molecule has 1 amide bonds. The molecule has 5 nitrogen and oxygen atoms in total. The second-order valence-electron chi connectivity index (χ2n) is 7.12. The number of rotatable bonds is 3. The van der Waals surface area contributed by atoms with Crippen molar-refractivity contribution in [1.82, 2.24) is 15.1 Å². The highest BCUT2D eigenvalue weighted by Crippen LogP contribution is 2.38. The van der Waals surface area contributed by atoms with Crippen molar-refractivity contribution in [3.8, 4) is 0 Å². The van der Waals surface area contributed by atoms with Gasteiger partial charge in [0.15, 0.2) is 5.69 Å². The molecule has 1 aliphatic carbocycles. The minimum atomic E-state index is -0.00420. The molecule has 1 aromatic heterocycles. The lowest BCUT2D eigenvalue weighted by Crippen LogP contribution is -2.49. The molecular weight excluding hydrogens is 312 g/mol. The van der Waals surface area contributed by atoms with Gasteiger partial charge in [0.25, 0.3) is 5.91 Å². The molecule has 1 aromatic carbocycles. The Kier molecular flexibility index (Phi) is 4.15. The summed E-state index contributed by atoms with van der Waals surface area (Å²) in [7, 11) is 0. The largest absolute Gasteiger partial charge is 0.368 e. The van der Waals surface area contributed by atoms with Crippen LogP contribution >= 0.6 is 0 Å². The second-order valence-corrected chi connectivity index (χ2v) is 7.12. The van der Waals surface area contributed by atoms with Crippen LogP contribution in [0.3, 0.4) is 0 Å². The summed E-state index contributed by atoms with van der Waals surface area (Å²) in [5.41, 5.74) is 5.40. The zero-order chi connectivity index (χ0) is 17.4. The lowest BCUT2D eigenvalue weighted by Gasteiger charge is -2.36. The molecule has 0 bridgehead atoms. The zero-order valence-electron chi connectivity index (χ0n) is 14.9. The molecule has 0 unspecified atom stereocenters. The summed E-state index contributed by atoms with van der Waals surface area (Å²) in [6.45, 7) is 7.45. The van der Waals surface area contributed by atoms with Crippen LogP contribution < -0.4 is 4.90 Å². The number of hydrogen-bond acceptors (Lipinski definition) is 4. The first-order valence-electron chi connectivity index (χ1n) is 9.07. The Labute approximate surface area is 148 Å². The summed E-state index contributed by atoms with van der Waals surface area (Å²) < 4.78 is 0. The molecule has 1 aliphatic heterocycles. The highest BCUT2D eigenvalue weighted by Gasteiger charge is 2.27. The van der Waals surface area contributed by atoms with Crippen LogP contribution in [0.4, 0.5) is 5.69 Å². The average Bonchev–Trinajstić information content (AvgIpc) is 3.49. The predicted octanol–water partition coefficient (Wildman–Crippen LogP) is 2.93. The standard InChI is InChI=1S/C20H24N4O/c1-14-4-3-5-19(15(14)2)23-10-12-24(13-11-23)20(25)18-9-8-17(21-22-18)16-6-7-16/h3-5,8-9,16H,6-7,10-13H2,1-2H3. The van der Waals surface area contributed by atoms with Crippen molar-refractivity contribution in [2.45, 2.75) is 32.6 Å². The number of amides is 1. The van der Waals surface area contributed by atoms with Crippen molar-refractivity contribution in [3.05, 3.63) is 52.8 Å². The van der Waals surface area contributed by atoms with Crippen LogP contribution in [0.15, 0.2) is 30.3 Å². The summed E-state index contributed by atoms with van der Waals surface area (Å²) in [5.74, 6) is 0.563. The van der Waals surface area contributed by atoms with Gasteiger partial charge in [-0.1, -0.05) is 12.1 Å². The molecule has 2 fully saturated rings. The Hall–Kier alpha value is -2.43. The lowest BCUT2D eigenvalue weighted by atomic mass is 10.1. The second kappa shape index (κ2) is 6.47. The van der Waals surface area contributed by atoms with Crippen molar-refractivity contribution in [3.63, 3.8) is 0 Å². The summed E-state index contributed by atoms with van der Waals surface area (Å²) in [5, 5.41) is 8.40. The Morgan fingerprint density at radius 3 is 2.40 bits per heavy atom. The first kappa shape index (κ1) is 16.1. The number of carbonyl (C=O) groups excluding carboxylic acids is 1. The van der Waals surface area contributed by atoms with Crippen LogP contribution in [0.2, 0.25) is 0 Å². The van der Waals surface area contributed by atoms with E-state index in [2.05, 4.69) is 47.1 Å². The van der Waals surface area contributed by atoms with E-state index in [0.29, 0.717) is 11.6 Å². The van der Waals surface area contributed by atoms with Gasteiger partial charge >= 0.3 is 0 Å². The number of benzene rings is 1. The molecule has 130 valence electrons. The number of aromatic nitrogens is 2. The van der Waals surface area contributed by atoms with Crippen molar-refractivity contribution in [1.29, 1.82) is 0 Å². The first-order chi connectivity index (χ1) is 12.1. The Balaban J connectivity index is 1.40. The van der Waals surface area contributed by atoms with Gasteiger partial charge in [-0.2, -0.15) is 5.10 Å². The molecule has 2 aromatic rings. The zero-order valence-corrected chi connectivity index (χ0v) is 14.9. The van der Waals surface area contributed by atoms with E-state index in [-0.39, 0.29) is 5.91 Å². The van der Waals surface area contributed by atoms with Gasteiger partial charge in [0.2, 0.25) is 0 Å². The number of piperazine rings is 1. The van der Waals surface area contributed by atoms with E-state index < -0.39 is 0 Å². The van der Waals surface area contributed by atoms with Crippen molar-refractivity contribution >= 4 is 11.6 Å². The van der Waals surface area contributed by atoms with Gasteiger partial charge in [-0.15, -0.1) is 5.10 Å². The highest BCUT2D eigenvalue weighted by atomic mass is 16.2. The van der Waals surface area contributed by atoms with Crippen molar-refractivity contribution in [2.24, 2.45) is 0 Å². The van der Waals surface area contributed by atoms with Crippen molar-refractivity contribution in [2.75, 3.05) is 31.1 Å². The lowest BCUT2D eigenvalue weighted by molar-refractivity contribution is 0.0739. The molecule has 5 heteroatoms. The monoisotopic (exact) mass is 336 g/mol. The molecule has 4 rings (SSSR count). The van der Waals surface area contributed by atoms with Crippen LogP contribution in [0.1, 0.15) is 46.1 Å². The van der Waals surface area contributed by atoms with Crippen LogP contribution in [0.5, 0.6) is 0 Å². The molecule has 0 spiro atoms. The maximum Gasteiger partial charge on any atom is 0.274 e. The van der Waals surface area contributed by atoms with Gasteiger partial charge in [-0.25, -0.2) is 0 Å². The van der Waals surface area contributed by atoms with E-state index >= 15 is 0 Å². The van der Waals surface area contributed by atoms with Gasteiger partial charge in [0.05, 0.1) is 5.69 Å². The molecule has 0 atom stereocenters. The van der Waals surface area contributed by atoms with Gasteiger partial charge in [0, 0.05) is 37.8 Å². The van der Waals surface area contributed by atoms with Gasteiger partial charge in [-0.05, 0) is 56.0 Å². The quantitative estimate of drug-likeness (QED) is 0.865. The van der Waals surface area contributed by atoms with Gasteiger partial charge in [-0.3, -0.25) is 4.79 Å². The predicted molar refractivity (Wildman–Crippen MR) is 98.0 cm³/mol. The summed E-state index contributed by atoms with van der Waals surface area (Å²) in [4.78, 5) is 16.9. The number of anilines is 1. The SMILES string of the molecule is Cc1cccc(N2CCN(C(=O)c3ccc(C4CC4)nn3)CC2)c1C. The number of aryl methyl sites for hydroxylation is 1. The van der Waals surface area contributed by atoms with E-state index in [4.69, 9.17) is 0 Å². The van der Waals surface area contributed by atoms with Crippen LogP contribution in [0.25, 0.3) is 0 Å². The van der Waals surface area contributed by atoms with Crippen molar-refractivity contribution < 1.29 is 4.79 Å². The summed E-state index contributed by atoms with van der Waals surface area (Å²) >= 11 is 0. The fourth-order valence-corrected chi connectivity index (χ4v) is 3.44. The normalized spacial score (nSPS) is 17.7. The number of carbonyl (C=O) groups is 1. The van der Waals surface area contributed by atoms with E-state index in [0.717, 1.165) is 31.9 Å². The van der Waals surface area contributed by atoms with E-state index in [1.165, 1.54) is 29.7 Å². The third kappa shape index (κ3) is 3.23. The van der Waals surface area contributed by atoms with Crippen LogP contribution in [-0.2, 0) is 0 Å². The Bertz CT molecular complexity index is 775. The molecule has 1 saturated carbocycles. The van der Waals surface area contributed by atoms with E-state index in [9.17, 15) is 4.79 Å². The fraction of sp³-hybridized carbons (Fsp3) is 0.450. The first-order valence-corrected chi connectivity index (χ1v) is 9.07.